The summed E-state index contributed by atoms with van der Waals surface area (Å²) in [5.41, 5.74) is 0.985. The third-order valence-corrected chi connectivity index (χ3v) is 1.84. The van der Waals surface area contributed by atoms with Gasteiger partial charge < -0.3 is 5.32 Å². The highest BCUT2D eigenvalue weighted by Gasteiger charge is 2.08. The van der Waals surface area contributed by atoms with Gasteiger partial charge in [0.1, 0.15) is 5.82 Å². The van der Waals surface area contributed by atoms with Crippen LogP contribution in [0.15, 0.2) is 18.2 Å². The molecule has 0 unspecified atom stereocenters. The summed E-state index contributed by atoms with van der Waals surface area (Å²) in [5, 5.41) is 2.74. The van der Waals surface area contributed by atoms with E-state index < -0.39 is 0 Å². The van der Waals surface area contributed by atoms with Crippen molar-refractivity contribution in [3.05, 3.63) is 35.1 Å². The Hall–Kier alpha value is -1.38. The number of halogens is 1. The summed E-state index contributed by atoms with van der Waals surface area (Å²) in [6, 6.07) is 4.44. The molecule has 76 valence electrons. The zero-order chi connectivity index (χ0) is 10.7. The van der Waals surface area contributed by atoms with Crippen LogP contribution in [0.1, 0.15) is 29.8 Å². The van der Waals surface area contributed by atoms with Crippen LogP contribution in [0.5, 0.6) is 0 Å². The smallest absolute Gasteiger partial charge is 0.251 e. The van der Waals surface area contributed by atoms with Crippen LogP contribution in [0.25, 0.3) is 0 Å². The molecule has 0 radical (unpaired) electrons. The standard InChI is InChI=1S/C11H14FNO/c1-7(2)13-11(14)9-4-5-10(12)8(3)6-9/h4-7H,1-3H3,(H,13,14). The molecule has 2 nitrogen and oxygen atoms in total. The van der Waals surface area contributed by atoms with Crippen molar-refractivity contribution >= 4 is 5.91 Å². The lowest BCUT2D eigenvalue weighted by atomic mass is 10.1. The highest BCUT2D eigenvalue weighted by Crippen LogP contribution is 2.09. The molecule has 14 heavy (non-hydrogen) atoms. The van der Waals surface area contributed by atoms with Crippen molar-refractivity contribution in [3.8, 4) is 0 Å². The van der Waals surface area contributed by atoms with Crippen LogP contribution >= 0.6 is 0 Å². The molecule has 1 rings (SSSR count). The lowest BCUT2D eigenvalue weighted by Gasteiger charge is -2.08. The van der Waals surface area contributed by atoms with Gasteiger partial charge in [-0.25, -0.2) is 4.39 Å². The molecule has 0 atom stereocenters. The monoisotopic (exact) mass is 195 g/mol. The van der Waals surface area contributed by atoms with Gasteiger partial charge in [-0.3, -0.25) is 4.79 Å². The van der Waals surface area contributed by atoms with Crippen molar-refractivity contribution in [2.45, 2.75) is 26.8 Å². The van der Waals surface area contributed by atoms with Gasteiger partial charge >= 0.3 is 0 Å². The average molecular weight is 195 g/mol. The van der Waals surface area contributed by atoms with E-state index in [-0.39, 0.29) is 17.8 Å². The second-order valence-corrected chi connectivity index (χ2v) is 3.59. The largest absolute Gasteiger partial charge is 0.350 e. The minimum Gasteiger partial charge on any atom is -0.350 e. The Balaban J connectivity index is 2.86. The summed E-state index contributed by atoms with van der Waals surface area (Å²) in [6.07, 6.45) is 0. The number of amides is 1. The first-order valence-electron chi connectivity index (χ1n) is 4.57. The minimum atomic E-state index is -0.286. The van der Waals surface area contributed by atoms with Gasteiger partial charge in [-0.05, 0) is 44.5 Å². The molecule has 1 aromatic rings. The summed E-state index contributed by atoms with van der Waals surface area (Å²) in [7, 11) is 0. The van der Waals surface area contributed by atoms with E-state index in [0.29, 0.717) is 11.1 Å². The van der Waals surface area contributed by atoms with E-state index in [9.17, 15) is 9.18 Å². The zero-order valence-corrected chi connectivity index (χ0v) is 8.60. The highest BCUT2D eigenvalue weighted by molar-refractivity contribution is 5.94. The Morgan fingerprint density at radius 1 is 1.43 bits per heavy atom. The molecule has 1 N–H and O–H groups in total. The van der Waals surface area contributed by atoms with E-state index in [1.807, 2.05) is 13.8 Å². The molecule has 0 saturated heterocycles. The third-order valence-electron chi connectivity index (χ3n) is 1.84. The van der Waals surface area contributed by atoms with Gasteiger partial charge in [0.2, 0.25) is 0 Å². The summed E-state index contributed by atoms with van der Waals surface area (Å²) in [4.78, 5) is 11.5. The summed E-state index contributed by atoms with van der Waals surface area (Å²) in [6.45, 7) is 5.41. The van der Waals surface area contributed by atoms with Crippen LogP contribution in [0.2, 0.25) is 0 Å². The predicted octanol–water partition coefficient (Wildman–Crippen LogP) is 2.27. The highest BCUT2D eigenvalue weighted by atomic mass is 19.1. The number of nitrogens with one attached hydrogen (secondary N) is 1. The van der Waals surface area contributed by atoms with Crippen molar-refractivity contribution in [1.82, 2.24) is 5.32 Å². The maximum atomic E-state index is 12.9. The second kappa shape index (κ2) is 4.22. The first-order valence-corrected chi connectivity index (χ1v) is 4.57. The molecule has 0 fully saturated rings. The van der Waals surface area contributed by atoms with Gasteiger partial charge in [0.15, 0.2) is 0 Å². The molecule has 0 spiro atoms. The van der Waals surface area contributed by atoms with Gasteiger partial charge in [-0.2, -0.15) is 0 Å². The Morgan fingerprint density at radius 2 is 2.07 bits per heavy atom. The number of carbonyl (C=O) groups excluding carboxylic acids is 1. The molecule has 1 amide bonds. The minimum absolute atomic E-state index is 0.0906. The molecular weight excluding hydrogens is 181 g/mol. The molecule has 0 saturated carbocycles. The molecular formula is C11H14FNO. The molecule has 0 aromatic heterocycles. The summed E-state index contributed by atoms with van der Waals surface area (Å²) < 4.78 is 12.9. The van der Waals surface area contributed by atoms with Gasteiger partial charge in [0.25, 0.3) is 5.91 Å². The maximum absolute atomic E-state index is 12.9. The Kier molecular flexibility index (Phi) is 3.23. The van der Waals surface area contributed by atoms with Gasteiger partial charge in [-0.15, -0.1) is 0 Å². The van der Waals surface area contributed by atoms with Crippen LogP contribution < -0.4 is 5.32 Å². The summed E-state index contributed by atoms with van der Waals surface area (Å²) in [5.74, 6) is -0.450. The fraction of sp³-hybridized carbons (Fsp3) is 0.364. The topological polar surface area (TPSA) is 29.1 Å². The fourth-order valence-corrected chi connectivity index (χ4v) is 1.13. The number of hydrogen-bond acceptors (Lipinski definition) is 1. The van der Waals surface area contributed by atoms with E-state index in [2.05, 4.69) is 5.32 Å². The quantitative estimate of drug-likeness (QED) is 0.770. The fourth-order valence-electron chi connectivity index (χ4n) is 1.13. The predicted molar refractivity (Wildman–Crippen MR) is 53.7 cm³/mol. The van der Waals surface area contributed by atoms with Gasteiger partial charge in [0, 0.05) is 11.6 Å². The molecule has 1 aromatic carbocycles. The first-order chi connectivity index (χ1) is 6.50. The third kappa shape index (κ3) is 2.55. The van der Waals surface area contributed by atoms with E-state index in [0.717, 1.165) is 0 Å². The number of benzene rings is 1. The van der Waals surface area contributed by atoms with E-state index in [1.54, 1.807) is 13.0 Å². The van der Waals surface area contributed by atoms with Gasteiger partial charge in [-0.1, -0.05) is 0 Å². The van der Waals surface area contributed by atoms with Crippen LogP contribution in [-0.2, 0) is 0 Å². The number of hydrogen-bond donors (Lipinski definition) is 1. The van der Waals surface area contributed by atoms with Crippen molar-refractivity contribution < 1.29 is 9.18 Å². The van der Waals surface area contributed by atoms with Crippen LogP contribution in [0.3, 0.4) is 0 Å². The van der Waals surface area contributed by atoms with Crippen LogP contribution in [0.4, 0.5) is 4.39 Å². The SMILES string of the molecule is Cc1cc(C(=O)NC(C)C)ccc1F. The molecule has 0 aliphatic heterocycles. The van der Waals surface area contributed by atoms with Crippen molar-refractivity contribution in [1.29, 1.82) is 0 Å². The maximum Gasteiger partial charge on any atom is 0.251 e. The summed E-state index contributed by atoms with van der Waals surface area (Å²) >= 11 is 0. The van der Waals surface area contributed by atoms with Crippen molar-refractivity contribution in [2.24, 2.45) is 0 Å². The second-order valence-electron chi connectivity index (χ2n) is 3.59. The molecule has 0 bridgehead atoms. The molecule has 0 heterocycles. The van der Waals surface area contributed by atoms with E-state index in [4.69, 9.17) is 0 Å². The zero-order valence-electron chi connectivity index (χ0n) is 8.60. The van der Waals surface area contributed by atoms with E-state index >= 15 is 0 Å². The van der Waals surface area contributed by atoms with Gasteiger partial charge in [0.05, 0.1) is 0 Å². The molecule has 0 aliphatic rings. The normalized spacial score (nSPS) is 10.4. The lowest BCUT2D eigenvalue weighted by molar-refractivity contribution is 0.0943. The number of rotatable bonds is 2. The number of carbonyl (C=O) groups is 1. The van der Waals surface area contributed by atoms with Crippen LogP contribution in [0, 0.1) is 12.7 Å². The van der Waals surface area contributed by atoms with E-state index in [1.165, 1.54) is 12.1 Å². The first kappa shape index (κ1) is 10.7. The molecule has 3 heteroatoms. The Bertz CT molecular complexity index is 347. The number of aryl methyl sites for hydroxylation is 1. The van der Waals surface area contributed by atoms with Crippen molar-refractivity contribution in [2.75, 3.05) is 0 Å². The molecule has 0 aliphatic carbocycles. The Morgan fingerprint density at radius 3 is 2.57 bits per heavy atom. The van der Waals surface area contributed by atoms with Crippen LogP contribution in [-0.4, -0.2) is 11.9 Å². The van der Waals surface area contributed by atoms with Crippen molar-refractivity contribution in [3.63, 3.8) is 0 Å². The lowest BCUT2D eigenvalue weighted by Crippen LogP contribution is -2.30. The average Bonchev–Trinajstić information content (AvgIpc) is 2.08. The Labute approximate surface area is 83.1 Å².